The van der Waals surface area contributed by atoms with Gasteiger partial charge in [0.05, 0.1) is 23.7 Å². The van der Waals surface area contributed by atoms with Crippen LogP contribution >= 0.6 is 23.4 Å². The molecule has 1 amide bonds. The molecule has 3 rings (SSSR count). The van der Waals surface area contributed by atoms with Gasteiger partial charge in [-0.1, -0.05) is 29.4 Å². The molecule has 0 unspecified atom stereocenters. The van der Waals surface area contributed by atoms with Crippen LogP contribution in [0, 0.1) is 0 Å². The summed E-state index contributed by atoms with van der Waals surface area (Å²) >= 11 is 7.44. The number of amides is 1. The number of aromatic nitrogens is 2. The number of rotatable bonds is 4. The van der Waals surface area contributed by atoms with Gasteiger partial charge in [-0.3, -0.25) is 4.79 Å². The highest BCUT2D eigenvalue weighted by Gasteiger charge is 2.34. The SMILES string of the molecule is Cn1c(CO)cnc1S[C@@H]1CCN(c2cccc(Cl)c2)C1=O. The highest BCUT2D eigenvalue weighted by Crippen LogP contribution is 2.33. The van der Waals surface area contributed by atoms with Gasteiger partial charge in [-0.25, -0.2) is 4.98 Å². The van der Waals surface area contributed by atoms with Crippen LogP contribution in [0.4, 0.5) is 5.69 Å². The molecule has 2 heterocycles. The van der Waals surface area contributed by atoms with Crippen molar-refractivity contribution in [2.45, 2.75) is 23.4 Å². The molecule has 7 heteroatoms. The number of thioether (sulfide) groups is 1. The second-order valence-corrected chi connectivity index (χ2v) is 6.72. The molecule has 1 aromatic carbocycles. The lowest BCUT2D eigenvalue weighted by atomic mass is 10.3. The summed E-state index contributed by atoms with van der Waals surface area (Å²) in [6.07, 6.45) is 2.40. The second kappa shape index (κ2) is 6.32. The van der Waals surface area contributed by atoms with E-state index in [1.165, 1.54) is 11.8 Å². The number of aliphatic hydroxyl groups is 1. The highest BCUT2D eigenvalue weighted by molar-refractivity contribution is 8.00. The smallest absolute Gasteiger partial charge is 0.240 e. The Morgan fingerprint density at radius 2 is 2.32 bits per heavy atom. The molecule has 0 saturated carbocycles. The maximum absolute atomic E-state index is 12.6. The van der Waals surface area contributed by atoms with Gasteiger partial charge in [-0.15, -0.1) is 0 Å². The first-order valence-electron chi connectivity index (χ1n) is 6.95. The van der Waals surface area contributed by atoms with E-state index in [4.69, 9.17) is 11.6 Å². The first kappa shape index (κ1) is 15.4. The van der Waals surface area contributed by atoms with Crippen LogP contribution in [0.3, 0.4) is 0 Å². The van der Waals surface area contributed by atoms with E-state index in [2.05, 4.69) is 4.98 Å². The first-order chi connectivity index (χ1) is 10.6. The van der Waals surface area contributed by atoms with Gasteiger partial charge in [-0.05, 0) is 24.6 Å². The zero-order valence-electron chi connectivity index (χ0n) is 12.1. The third-order valence-corrected chi connectivity index (χ3v) is 5.27. The number of hydrogen-bond acceptors (Lipinski definition) is 4. The monoisotopic (exact) mass is 337 g/mol. The van der Waals surface area contributed by atoms with Crippen LogP contribution in [0.15, 0.2) is 35.6 Å². The van der Waals surface area contributed by atoms with Crippen LogP contribution in [0.25, 0.3) is 0 Å². The van der Waals surface area contributed by atoms with Crippen molar-refractivity contribution in [2.75, 3.05) is 11.4 Å². The third-order valence-electron chi connectivity index (χ3n) is 3.73. The lowest BCUT2D eigenvalue weighted by Crippen LogP contribution is -2.28. The van der Waals surface area contributed by atoms with Crippen molar-refractivity contribution in [1.29, 1.82) is 0 Å². The second-order valence-electron chi connectivity index (χ2n) is 5.11. The average molecular weight is 338 g/mol. The zero-order valence-corrected chi connectivity index (χ0v) is 13.6. The number of anilines is 1. The summed E-state index contributed by atoms with van der Waals surface area (Å²) in [5, 5.41) is 10.4. The van der Waals surface area contributed by atoms with Crippen molar-refractivity contribution in [3.05, 3.63) is 41.2 Å². The summed E-state index contributed by atoms with van der Waals surface area (Å²) in [6.45, 7) is 0.617. The molecule has 1 saturated heterocycles. The van der Waals surface area contributed by atoms with Crippen LogP contribution in [0.1, 0.15) is 12.1 Å². The summed E-state index contributed by atoms with van der Waals surface area (Å²) in [4.78, 5) is 18.6. The maximum Gasteiger partial charge on any atom is 0.240 e. The van der Waals surface area contributed by atoms with Crippen molar-refractivity contribution in [1.82, 2.24) is 9.55 Å². The summed E-state index contributed by atoms with van der Waals surface area (Å²) in [7, 11) is 1.84. The van der Waals surface area contributed by atoms with Gasteiger partial charge in [0.2, 0.25) is 5.91 Å². The van der Waals surface area contributed by atoms with E-state index in [9.17, 15) is 9.90 Å². The molecule has 1 aromatic heterocycles. The fourth-order valence-corrected chi connectivity index (χ4v) is 3.75. The van der Waals surface area contributed by atoms with Crippen LogP contribution in [0.5, 0.6) is 0 Å². The highest BCUT2D eigenvalue weighted by atomic mass is 35.5. The van der Waals surface area contributed by atoms with Crippen molar-refractivity contribution in [2.24, 2.45) is 7.05 Å². The molecule has 1 N–H and O–H groups in total. The molecular formula is C15H16ClN3O2S. The predicted molar refractivity (Wildman–Crippen MR) is 87.2 cm³/mol. The normalized spacial score (nSPS) is 18.2. The molecular weight excluding hydrogens is 322 g/mol. The topological polar surface area (TPSA) is 58.4 Å². The minimum Gasteiger partial charge on any atom is -0.390 e. The number of halogens is 1. The van der Waals surface area contributed by atoms with Gasteiger partial charge in [0.15, 0.2) is 5.16 Å². The summed E-state index contributed by atoms with van der Waals surface area (Å²) in [6, 6.07) is 7.33. The van der Waals surface area contributed by atoms with E-state index in [0.29, 0.717) is 11.6 Å². The Hall–Kier alpha value is -1.50. The minimum atomic E-state index is -0.161. The predicted octanol–water partition coefficient (Wildman–Crippen LogP) is 2.46. The van der Waals surface area contributed by atoms with Crippen LogP contribution in [0.2, 0.25) is 5.02 Å². The summed E-state index contributed by atoms with van der Waals surface area (Å²) < 4.78 is 1.82. The molecule has 116 valence electrons. The van der Waals surface area contributed by atoms with Crippen LogP contribution < -0.4 is 4.90 Å². The number of nitrogens with zero attached hydrogens (tertiary/aromatic N) is 3. The van der Waals surface area contributed by atoms with Crippen molar-refractivity contribution < 1.29 is 9.90 Å². The first-order valence-corrected chi connectivity index (χ1v) is 8.21. The Morgan fingerprint density at radius 1 is 1.50 bits per heavy atom. The Bertz CT molecular complexity index is 704. The van der Waals surface area contributed by atoms with Gasteiger partial charge in [0, 0.05) is 24.3 Å². The Kier molecular flexibility index (Phi) is 4.42. The van der Waals surface area contributed by atoms with E-state index in [1.807, 2.05) is 23.7 Å². The van der Waals surface area contributed by atoms with E-state index < -0.39 is 0 Å². The fourth-order valence-electron chi connectivity index (χ4n) is 2.47. The van der Waals surface area contributed by atoms with Crippen molar-refractivity contribution in [3.63, 3.8) is 0 Å². The number of benzene rings is 1. The molecule has 1 atom stereocenters. The number of aliphatic hydroxyl groups excluding tert-OH is 1. The number of imidazole rings is 1. The maximum atomic E-state index is 12.6. The Balaban J connectivity index is 1.75. The lowest BCUT2D eigenvalue weighted by molar-refractivity contribution is -0.116. The Morgan fingerprint density at radius 3 is 3.00 bits per heavy atom. The molecule has 0 aliphatic carbocycles. The number of hydrogen-bond donors (Lipinski definition) is 1. The standard InChI is InChI=1S/C15H16ClN3O2S/c1-18-12(9-20)8-17-15(18)22-13-5-6-19(14(13)21)11-4-2-3-10(16)7-11/h2-4,7-8,13,20H,5-6,9H2,1H3/t13-/m1/s1. The molecule has 22 heavy (non-hydrogen) atoms. The molecule has 5 nitrogen and oxygen atoms in total. The largest absolute Gasteiger partial charge is 0.390 e. The van der Waals surface area contributed by atoms with Crippen LogP contribution in [-0.2, 0) is 18.4 Å². The minimum absolute atomic E-state index is 0.0582. The van der Waals surface area contributed by atoms with Gasteiger partial charge in [0.1, 0.15) is 0 Å². The quantitative estimate of drug-likeness (QED) is 0.931. The summed E-state index contributed by atoms with van der Waals surface area (Å²) in [5.41, 5.74) is 1.57. The number of carbonyl (C=O) groups excluding carboxylic acids is 1. The van der Waals surface area contributed by atoms with Crippen molar-refractivity contribution in [3.8, 4) is 0 Å². The van der Waals surface area contributed by atoms with Crippen LogP contribution in [-0.4, -0.2) is 32.4 Å². The molecule has 1 fully saturated rings. The van der Waals surface area contributed by atoms with E-state index in [1.54, 1.807) is 23.2 Å². The van der Waals surface area contributed by atoms with Gasteiger partial charge in [0.25, 0.3) is 0 Å². The van der Waals surface area contributed by atoms with Crippen molar-refractivity contribution >= 4 is 35.0 Å². The molecule has 0 spiro atoms. The number of carbonyl (C=O) groups is 1. The average Bonchev–Trinajstić information content (AvgIpc) is 3.04. The van der Waals surface area contributed by atoms with E-state index in [0.717, 1.165) is 23.0 Å². The van der Waals surface area contributed by atoms with Gasteiger partial charge in [-0.2, -0.15) is 0 Å². The molecule has 1 aliphatic rings. The molecule has 1 aliphatic heterocycles. The molecule has 0 radical (unpaired) electrons. The lowest BCUT2D eigenvalue weighted by Gasteiger charge is -2.16. The Labute approximate surface area is 137 Å². The van der Waals surface area contributed by atoms with Gasteiger partial charge >= 0.3 is 0 Å². The van der Waals surface area contributed by atoms with E-state index >= 15 is 0 Å². The van der Waals surface area contributed by atoms with Gasteiger partial charge < -0.3 is 14.6 Å². The zero-order chi connectivity index (χ0) is 15.7. The van der Waals surface area contributed by atoms with E-state index in [-0.39, 0.29) is 17.8 Å². The third kappa shape index (κ3) is 2.86. The molecule has 0 bridgehead atoms. The fraction of sp³-hybridized carbons (Fsp3) is 0.333. The summed E-state index contributed by atoms with van der Waals surface area (Å²) in [5.74, 6) is 0.0702. The molecule has 2 aromatic rings.